The Hall–Kier alpha value is -0.0800. The highest BCUT2D eigenvalue weighted by Crippen LogP contribution is 2.30. The maximum Gasteiger partial charge on any atom is 0.0115 e. The van der Waals surface area contributed by atoms with Crippen LogP contribution in [0.25, 0.3) is 0 Å². The van der Waals surface area contributed by atoms with Gasteiger partial charge in [-0.1, -0.05) is 44.9 Å². The molecule has 1 heterocycles. The van der Waals surface area contributed by atoms with E-state index in [0.717, 1.165) is 12.1 Å². The number of rotatable bonds is 5. The molecule has 3 aliphatic rings. The van der Waals surface area contributed by atoms with Gasteiger partial charge in [0.2, 0.25) is 0 Å². The summed E-state index contributed by atoms with van der Waals surface area (Å²) >= 11 is 0. The summed E-state index contributed by atoms with van der Waals surface area (Å²) in [5.74, 6) is 0. The van der Waals surface area contributed by atoms with Gasteiger partial charge in [0, 0.05) is 25.2 Å². The normalized spacial score (nSPS) is 27.3. The summed E-state index contributed by atoms with van der Waals surface area (Å²) in [4.78, 5) is 5.72. The van der Waals surface area contributed by atoms with E-state index in [1.54, 1.807) is 0 Å². The van der Waals surface area contributed by atoms with Crippen LogP contribution in [-0.2, 0) is 0 Å². The fourth-order valence-corrected chi connectivity index (χ4v) is 4.93. The van der Waals surface area contributed by atoms with E-state index in [4.69, 9.17) is 0 Å². The van der Waals surface area contributed by atoms with Crippen molar-refractivity contribution in [3.63, 3.8) is 0 Å². The second-order valence-corrected chi connectivity index (χ2v) is 7.72. The number of likely N-dealkylation sites (tertiary alicyclic amines) is 1. The summed E-state index contributed by atoms with van der Waals surface area (Å²) in [7, 11) is 0. The van der Waals surface area contributed by atoms with Crippen LogP contribution >= 0.6 is 0 Å². The molecule has 21 heavy (non-hydrogen) atoms. The van der Waals surface area contributed by atoms with Gasteiger partial charge in [0.05, 0.1) is 0 Å². The SMILES string of the molecule is C1CCC(N(CCN2CCCCC2)C2CCCCC2)CC1. The monoisotopic (exact) mass is 292 g/mol. The third kappa shape index (κ3) is 4.69. The zero-order valence-corrected chi connectivity index (χ0v) is 14.1. The molecular weight excluding hydrogens is 256 g/mol. The van der Waals surface area contributed by atoms with Gasteiger partial charge in [-0.2, -0.15) is 0 Å². The van der Waals surface area contributed by atoms with Crippen molar-refractivity contribution in [3.05, 3.63) is 0 Å². The molecule has 1 aliphatic heterocycles. The lowest BCUT2D eigenvalue weighted by Crippen LogP contribution is -2.48. The highest BCUT2D eigenvalue weighted by molar-refractivity contribution is 4.84. The molecule has 0 spiro atoms. The number of nitrogens with zero attached hydrogens (tertiary/aromatic N) is 2. The highest BCUT2D eigenvalue weighted by atomic mass is 15.2. The minimum absolute atomic E-state index is 0.923. The molecule has 3 fully saturated rings. The van der Waals surface area contributed by atoms with Gasteiger partial charge in [0.25, 0.3) is 0 Å². The van der Waals surface area contributed by atoms with E-state index >= 15 is 0 Å². The summed E-state index contributed by atoms with van der Waals surface area (Å²) in [5, 5.41) is 0. The zero-order valence-electron chi connectivity index (χ0n) is 14.1. The average molecular weight is 293 g/mol. The van der Waals surface area contributed by atoms with Gasteiger partial charge >= 0.3 is 0 Å². The van der Waals surface area contributed by atoms with Crippen LogP contribution in [0.4, 0.5) is 0 Å². The lowest BCUT2D eigenvalue weighted by atomic mass is 9.88. The molecule has 3 rings (SSSR count). The van der Waals surface area contributed by atoms with Crippen LogP contribution in [0.3, 0.4) is 0 Å². The van der Waals surface area contributed by atoms with Crippen molar-refractivity contribution in [2.75, 3.05) is 26.2 Å². The molecule has 0 amide bonds. The predicted molar refractivity (Wildman–Crippen MR) is 90.7 cm³/mol. The minimum atomic E-state index is 0.923. The smallest absolute Gasteiger partial charge is 0.0115 e. The number of piperidine rings is 1. The second kappa shape index (κ2) is 8.53. The Morgan fingerprint density at radius 3 is 1.62 bits per heavy atom. The van der Waals surface area contributed by atoms with Crippen molar-refractivity contribution in [2.45, 2.75) is 95.6 Å². The third-order valence-corrected chi connectivity index (χ3v) is 6.21. The van der Waals surface area contributed by atoms with Crippen molar-refractivity contribution < 1.29 is 0 Å². The van der Waals surface area contributed by atoms with Crippen LogP contribution in [0.1, 0.15) is 83.5 Å². The Morgan fingerprint density at radius 1 is 0.619 bits per heavy atom. The molecule has 0 atom stereocenters. The molecule has 0 aromatic heterocycles. The predicted octanol–water partition coefficient (Wildman–Crippen LogP) is 4.44. The molecule has 0 radical (unpaired) electrons. The molecule has 0 aromatic carbocycles. The Labute approximate surface area is 132 Å². The Kier molecular flexibility index (Phi) is 6.42. The van der Waals surface area contributed by atoms with E-state index in [0.29, 0.717) is 0 Å². The van der Waals surface area contributed by atoms with Crippen LogP contribution < -0.4 is 0 Å². The standard InChI is InChI=1S/C19H36N2/c1-4-10-18(11-5-1)21(19-12-6-2-7-13-19)17-16-20-14-8-3-9-15-20/h18-19H,1-17H2. The van der Waals surface area contributed by atoms with Crippen LogP contribution in [0.2, 0.25) is 0 Å². The summed E-state index contributed by atoms with van der Waals surface area (Å²) in [6.45, 7) is 5.43. The molecule has 0 unspecified atom stereocenters. The summed E-state index contributed by atoms with van der Waals surface area (Å²) in [6, 6.07) is 1.85. The highest BCUT2D eigenvalue weighted by Gasteiger charge is 2.28. The lowest BCUT2D eigenvalue weighted by molar-refractivity contribution is 0.0655. The first-order valence-electron chi connectivity index (χ1n) is 9.91. The van der Waals surface area contributed by atoms with Crippen LogP contribution in [0, 0.1) is 0 Å². The summed E-state index contributed by atoms with van der Waals surface area (Å²) < 4.78 is 0. The van der Waals surface area contributed by atoms with Gasteiger partial charge in [0.15, 0.2) is 0 Å². The first kappa shape index (κ1) is 15.8. The van der Waals surface area contributed by atoms with Crippen molar-refractivity contribution in [1.29, 1.82) is 0 Å². The van der Waals surface area contributed by atoms with E-state index in [2.05, 4.69) is 9.80 Å². The Balaban J connectivity index is 1.54. The average Bonchev–Trinajstić information content (AvgIpc) is 2.58. The number of hydrogen-bond acceptors (Lipinski definition) is 2. The Bertz CT molecular complexity index is 255. The first-order chi connectivity index (χ1) is 10.4. The van der Waals surface area contributed by atoms with Gasteiger partial charge in [-0.25, -0.2) is 0 Å². The van der Waals surface area contributed by atoms with Gasteiger partial charge in [-0.3, -0.25) is 4.90 Å². The molecule has 2 nitrogen and oxygen atoms in total. The fraction of sp³-hybridized carbons (Fsp3) is 1.00. The second-order valence-electron chi connectivity index (χ2n) is 7.72. The lowest BCUT2D eigenvalue weighted by Gasteiger charge is -2.43. The summed E-state index contributed by atoms with van der Waals surface area (Å²) in [6.07, 6.45) is 19.2. The van der Waals surface area contributed by atoms with E-state index < -0.39 is 0 Å². The molecular formula is C19H36N2. The first-order valence-corrected chi connectivity index (χ1v) is 9.91. The summed E-state index contributed by atoms with van der Waals surface area (Å²) in [5.41, 5.74) is 0. The van der Waals surface area contributed by atoms with Crippen molar-refractivity contribution >= 4 is 0 Å². The zero-order chi connectivity index (χ0) is 14.3. The van der Waals surface area contributed by atoms with E-state index in [1.807, 2.05) is 0 Å². The van der Waals surface area contributed by atoms with Crippen molar-refractivity contribution in [2.24, 2.45) is 0 Å². The Morgan fingerprint density at radius 2 is 1.10 bits per heavy atom. The molecule has 0 aromatic rings. The molecule has 1 saturated heterocycles. The minimum Gasteiger partial charge on any atom is -0.302 e. The van der Waals surface area contributed by atoms with Gasteiger partial charge in [-0.15, -0.1) is 0 Å². The largest absolute Gasteiger partial charge is 0.302 e. The molecule has 2 heteroatoms. The van der Waals surface area contributed by atoms with Gasteiger partial charge < -0.3 is 4.90 Å². The van der Waals surface area contributed by atoms with Gasteiger partial charge in [0.1, 0.15) is 0 Å². The van der Waals surface area contributed by atoms with Crippen LogP contribution in [-0.4, -0.2) is 48.1 Å². The van der Waals surface area contributed by atoms with Crippen molar-refractivity contribution in [1.82, 2.24) is 9.80 Å². The fourth-order valence-electron chi connectivity index (χ4n) is 4.93. The molecule has 0 N–H and O–H groups in total. The van der Waals surface area contributed by atoms with Gasteiger partial charge in [-0.05, 0) is 51.6 Å². The molecule has 2 aliphatic carbocycles. The molecule has 0 bridgehead atoms. The maximum absolute atomic E-state index is 2.98. The van der Waals surface area contributed by atoms with E-state index in [1.165, 1.54) is 110 Å². The molecule has 2 saturated carbocycles. The van der Waals surface area contributed by atoms with E-state index in [-0.39, 0.29) is 0 Å². The molecule has 122 valence electrons. The van der Waals surface area contributed by atoms with E-state index in [9.17, 15) is 0 Å². The van der Waals surface area contributed by atoms with Crippen LogP contribution in [0.15, 0.2) is 0 Å². The maximum atomic E-state index is 2.98. The third-order valence-electron chi connectivity index (χ3n) is 6.21. The topological polar surface area (TPSA) is 6.48 Å². The quantitative estimate of drug-likeness (QED) is 0.739. The van der Waals surface area contributed by atoms with Crippen molar-refractivity contribution in [3.8, 4) is 0 Å². The number of hydrogen-bond donors (Lipinski definition) is 0. The van der Waals surface area contributed by atoms with Crippen LogP contribution in [0.5, 0.6) is 0 Å².